The highest BCUT2D eigenvalue weighted by molar-refractivity contribution is 4.99. The Hall–Kier alpha value is -0.0800. The average Bonchev–Trinajstić information content (AvgIpc) is 2.09. The first-order valence-electron chi connectivity index (χ1n) is 3.31. The van der Waals surface area contributed by atoms with Crippen LogP contribution in [0.3, 0.4) is 0 Å². The lowest BCUT2D eigenvalue weighted by Gasteiger charge is -2.41. The Morgan fingerprint density at radius 1 is 1.62 bits per heavy atom. The zero-order chi connectivity index (χ0) is 5.56. The van der Waals surface area contributed by atoms with Crippen LogP contribution in [0.2, 0.25) is 0 Å². The van der Waals surface area contributed by atoms with Crippen LogP contribution >= 0.6 is 0 Å². The molecule has 46 valence electrons. The van der Waals surface area contributed by atoms with Gasteiger partial charge in [-0.2, -0.15) is 0 Å². The molecule has 0 aromatic heterocycles. The van der Waals surface area contributed by atoms with E-state index in [-0.39, 0.29) is 0 Å². The van der Waals surface area contributed by atoms with Crippen molar-refractivity contribution in [3.05, 3.63) is 0 Å². The summed E-state index contributed by atoms with van der Waals surface area (Å²) in [5.74, 6) is 0. The lowest BCUT2D eigenvalue weighted by Crippen LogP contribution is -2.58. The summed E-state index contributed by atoms with van der Waals surface area (Å²) in [4.78, 5) is 2.42. The molecule has 2 rings (SSSR count). The molecule has 2 atom stereocenters. The van der Waals surface area contributed by atoms with Crippen molar-refractivity contribution in [2.45, 2.75) is 18.5 Å². The smallest absolute Gasteiger partial charge is 0.0351 e. The van der Waals surface area contributed by atoms with Crippen LogP contribution in [0.4, 0.5) is 0 Å². The predicted octanol–water partition coefficient (Wildman–Crippen LogP) is -0.338. The highest BCUT2D eigenvalue weighted by Crippen LogP contribution is 2.22. The summed E-state index contributed by atoms with van der Waals surface area (Å²) >= 11 is 0. The van der Waals surface area contributed by atoms with Gasteiger partial charge in [-0.15, -0.1) is 0 Å². The first kappa shape index (κ1) is 4.77. The summed E-state index contributed by atoms with van der Waals surface area (Å²) in [7, 11) is 2.20. The van der Waals surface area contributed by atoms with Gasteiger partial charge < -0.3 is 10.2 Å². The molecule has 2 nitrogen and oxygen atoms in total. The van der Waals surface area contributed by atoms with Gasteiger partial charge in [-0.3, -0.25) is 0 Å². The number of rotatable bonds is 0. The van der Waals surface area contributed by atoms with Crippen molar-refractivity contribution in [1.82, 2.24) is 10.2 Å². The zero-order valence-electron chi connectivity index (χ0n) is 5.22. The minimum absolute atomic E-state index is 0.847. The Kier molecular flexibility index (Phi) is 0.866. The summed E-state index contributed by atoms with van der Waals surface area (Å²) in [6.45, 7) is 2.50. The third kappa shape index (κ3) is 0.446. The van der Waals surface area contributed by atoms with Crippen LogP contribution < -0.4 is 5.32 Å². The lowest BCUT2D eigenvalue weighted by atomic mass is 10.00. The van der Waals surface area contributed by atoms with Gasteiger partial charge in [-0.25, -0.2) is 0 Å². The molecule has 0 aliphatic carbocycles. The van der Waals surface area contributed by atoms with E-state index >= 15 is 0 Å². The number of likely N-dealkylation sites (N-methyl/N-ethyl adjacent to an activating group) is 1. The Bertz CT molecular complexity index is 103. The number of fused-ring (bicyclic) bond motifs is 1. The molecule has 2 aliphatic rings. The molecule has 8 heavy (non-hydrogen) atoms. The molecule has 0 radical (unpaired) electrons. The minimum Gasteiger partial charge on any atom is -0.311 e. The van der Waals surface area contributed by atoms with Gasteiger partial charge in [0.2, 0.25) is 0 Å². The van der Waals surface area contributed by atoms with E-state index in [0.29, 0.717) is 0 Å². The van der Waals surface area contributed by atoms with Crippen LogP contribution in [0.1, 0.15) is 6.42 Å². The van der Waals surface area contributed by atoms with E-state index in [4.69, 9.17) is 0 Å². The van der Waals surface area contributed by atoms with Crippen molar-refractivity contribution in [2.24, 2.45) is 0 Å². The summed E-state index contributed by atoms with van der Waals surface area (Å²) in [5, 5.41) is 3.44. The lowest BCUT2D eigenvalue weighted by molar-refractivity contribution is 0.106. The maximum Gasteiger partial charge on any atom is 0.0351 e. The van der Waals surface area contributed by atoms with Crippen LogP contribution in [0.15, 0.2) is 0 Å². The summed E-state index contributed by atoms with van der Waals surface area (Å²) in [6, 6.07) is 1.73. The van der Waals surface area contributed by atoms with Gasteiger partial charge in [0.25, 0.3) is 0 Å². The van der Waals surface area contributed by atoms with Crippen LogP contribution in [0, 0.1) is 0 Å². The van der Waals surface area contributed by atoms with Crippen LogP contribution in [-0.2, 0) is 0 Å². The molecule has 0 bridgehead atoms. The second-order valence-electron chi connectivity index (χ2n) is 2.86. The number of likely N-dealkylation sites (tertiary alicyclic amines) is 1. The van der Waals surface area contributed by atoms with Crippen LogP contribution in [0.5, 0.6) is 0 Å². The molecule has 0 unspecified atom stereocenters. The van der Waals surface area contributed by atoms with Gasteiger partial charge in [0.15, 0.2) is 0 Å². The Labute approximate surface area is 49.9 Å². The van der Waals surface area contributed by atoms with E-state index in [0.717, 1.165) is 12.1 Å². The normalized spacial score (nSPS) is 46.1. The van der Waals surface area contributed by atoms with E-state index in [9.17, 15) is 0 Å². The van der Waals surface area contributed by atoms with Crippen molar-refractivity contribution in [3.8, 4) is 0 Å². The van der Waals surface area contributed by atoms with Crippen LogP contribution in [0.25, 0.3) is 0 Å². The fourth-order valence-electron chi connectivity index (χ4n) is 1.78. The van der Waals surface area contributed by atoms with Crippen molar-refractivity contribution in [2.75, 3.05) is 20.1 Å². The topological polar surface area (TPSA) is 15.3 Å². The fourth-order valence-corrected chi connectivity index (χ4v) is 1.78. The fraction of sp³-hybridized carbons (Fsp3) is 1.00. The molecule has 0 spiro atoms. The molecule has 2 saturated heterocycles. The maximum absolute atomic E-state index is 3.44. The second-order valence-corrected chi connectivity index (χ2v) is 2.86. The van der Waals surface area contributed by atoms with Crippen molar-refractivity contribution in [1.29, 1.82) is 0 Å². The molecule has 0 aromatic carbocycles. The number of nitrogens with one attached hydrogen (secondary N) is 1. The number of hydrogen-bond acceptors (Lipinski definition) is 2. The minimum atomic E-state index is 0.847. The molecular formula is C6H12N2. The molecule has 1 N–H and O–H groups in total. The summed E-state index contributed by atoms with van der Waals surface area (Å²) < 4.78 is 0. The molecule has 0 amide bonds. The molecule has 2 aliphatic heterocycles. The third-order valence-electron chi connectivity index (χ3n) is 2.36. The van der Waals surface area contributed by atoms with Gasteiger partial charge in [0, 0.05) is 18.6 Å². The Morgan fingerprint density at radius 2 is 2.50 bits per heavy atom. The molecule has 2 heteroatoms. The standard InChI is InChI=1S/C6H12N2/c1-8-4-5-6(8)2-3-7-5/h5-7H,2-4H2,1H3/t5-,6-/m1/s1. The zero-order valence-corrected chi connectivity index (χ0v) is 5.22. The number of nitrogens with zero attached hydrogens (tertiary/aromatic N) is 1. The van der Waals surface area contributed by atoms with Gasteiger partial charge in [0.05, 0.1) is 0 Å². The molecular weight excluding hydrogens is 100 g/mol. The number of hydrogen-bond donors (Lipinski definition) is 1. The molecule has 2 fully saturated rings. The largest absolute Gasteiger partial charge is 0.311 e. The monoisotopic (exact) mass is 112 g/mol. The SMILES string of the molecule is CN1C[C@H]2NCC[C@H]21. The predicted molar refractivity (Wildman–Crippen MR) is 32.8 cm³/mol. The Morgan fingerprint density at radius 3 is 3.00 bits per heavy atom. The van der Waals surface area contributed by atoms with Gasteiger partial charge in [-0.05, 0) is 20.0 Å². The van der Waals surface area contributed by atoms with E-state index in [1.165, 1.54) is 19.5 Å². The average molecular weight is 112 g/mol. The third-order valence-corrected chi connectivity index (χ3v) is 2.36. The van der Waals surface area contributed by atoms with Gasteiger partial charge in [0.1, 0.15) is 0 Å². The van der Waals surface area contributed by atoms with Crippen LogP contribution in [-0.4, -0.2) is 37.1 Å². The van der Waals surface area contributed by atoms with E-state index in [1.54, 1.807) is 0 Å². The van der Waals surface area contributed by atoms with E-state index in [1.807, 2.05) is 0 Å². The molecule has 0 aromatic rings. The van der Waals surface area contributed by atoms with Crippen molar-refractivity contribution < 1.29 is 0 Å². The summed E-state index contributed by atoms with van der Waals surface area (Å²) in [5.41, 5.74) is 0. The van der Waals surface area contributed by atoms with E-state index in [2.05, 4.69) is 17.3 Å². The highest BCUT2D eigenvalue weighted by atomic mass is 15.3. The first-order chi connectivity index (χ1) is 3.88. The quantitative estimate of drug-likeness (QED) is 0.461. The van der Waals surface area contributed by atoms with Gasteiger partial charge in [-0.1, -0.05) is 0 Å². The van der Waals surface area contributed by atoms with Crippen molar-refractivity contribution in [3.63, 3.8) is 0 Å². The second kappa shape index (κ2) is 1.45. The molecule has 2 heterocycles. The van der Waals surface area contributed by atoms with Gasteiger partial charge >= 0.3 is 0 Å². The highest BCUT2D eigenvalue weighted by Gasteiger charge is 2.38. The summed E-state index contributed by atoms with van der Waals surface area (Å²) in [6.07, 6.45) is 1.36. The van der Waals surface area contributed by atoms with E-state index < -0.39 is 0 Å². The Balaban J connectivity index is 2.02. The maximum atomic E-state index is 3.44. The van der Waals surface area contributed by atoms with Crippen molar-refractivity contribution >= 4 is 0 Å². The first-order valence-corrected chi connectivity index (χ1v) is 3.31. The molecule has 0 saturated carbocycles.